The third-order valence-corrected chi connectivity index (χ3v) is 4.66. The fourth-order valence-electron chi connectivity index (χ4n) is 1.59. The van der Waals surface area contributed by atoms with Crippen molar-refractivity contribution in [3.05, 3.63) is 52.8 Å². The van der Waals surface area contributed by atoms with E-state index in [0.717, 1.165) is 5.56 Å². The van der Waals surface area contributed by atoms with Crippen LogP contribution in [0.3, 0.4) is 0 Å². The summed E-state index contributed by atoms with van der Waals surface area (Å²) in [6.45, 7) is 1.91. The van der Waals surface area contributed by atoms with Gasteiger partial charge in [0.25, 0.3) is 0 Å². The van der Waals surface area contributed by atoms with Crippen molar-refractivity contribution in [3.8, 4) is 0 Å². The molecule has 0 aliphatic carbocycles. The minimum Gasteiger partial charge on any atom is -0.398 e. The molecule has 0 aliphatic heterocycles. The van der Waals surface area contributed by atoms with Crippen molar-refractivity contribution in [3.63, 3.8) is 0 Å². The first-order valence-corrected chi connectivity index (χ1v) is 7.70. The summed E-state index contributed by atoms with van der Waals surface area (Å²) in [5.74, 6) is 0. The lowest BCUT2D eigenvalue weighted by atomic mass is 10.2. The van der Waals surface area contributed by atoms with E-state index in [9.17, 15) is 8.42 Å². The van der Waals surface area contributed by atoms with Crippen LogP contribution in [0.1, 0.15) is 11.1 Å². The summed E-state index contributed by atoms with van der Waals surface area (Å²) in [7, 11) is -3.66. The van der Waals surface area contributed by atoms with Gasteiger partial charge in [-0.05, 0) is 42.3 Å². The Morgan fingerprint density at radius 3 is 2.55 bits per heavy atom. The summed E-state index contributed by atoms with van der Waals surface area (Å²) >= 11 is 5.96. The van der Waals surface area contributed by atoms with Gasteiger partial charge in [-0.25, -0.2) is 13.1 Å². The summed E-state index contributed by atoms with van der Waals surface area (Å²) in [6.07, 6.45) is 3.20. The molecule has 0 bridgehead atoms. The fraction of sp³-hybridized carbons (Fsp3) is 0.154. The van der Waals surface area contributed by atoms with Gasteiger partial charge in [-0.1, -0.05) is 11.6 Å². The third-order valence-electron chi connectivity index (χ3n) is 2.88. The van der Waals surface area contributed by atoms with Gasteiger partial charge >= 0.3 is 0 Å². The summed E-state index contributed by atoms with van der Waals surface area (Å²) in [5.41, 5.74) is 7.57. The number of halogens is 1. The minimum atomic E-state index is -3.66. The fourth-order valence-corrected chi connectivity index (χ4v) is 2.96. The SMILES string of the molecule is Cc1c(N)cc(S(=O)(=O)NCc2ccncc2)cc1Cl. The number of hydrogen-bond acceptors (Lipinski definition) is 4. The predicted molar refractivity (Wildman–Crippen MR) is 78.9 cm³/mol. The Bertz CT molecular complexity index is 695. The second kappa shape index (κ2) is 5.78. The van der Waals surface area contributed by atoms with Crippen molar-refractivity contribution in [2.24, 2.45) is 0 Å². The molecule has 0 amide bonds. The van der Waals surface area contributed by atoms with Gasteiger partial charge in [0.15, 0.2) is 0 Å². The molecule has 5 nitrogen and oxygen atoms in total. The van der Waals surface area contributed by atoms with Gasteiger partial charge in [0.05, 0.1) is 4.90 Å². The molecule has 0 saturated heterocycles. The van der Waals surface area contributed by atoms with Crippen molar-refractivity contribution >= 4 is 27.3 Å². The Balaban J connectivity index is 2.23. The van der Waals surface area contributed by atoms with Crippen LogP contribution in [-0.4, -0.2) is 13.4 Å². The molecule has 0 saturated carbocycles. The highest BCUT2D eigenvalue weighted by Crippen LogP contribution is 2.25. The molecule has 20 heavy (non-hydrogen) atoms. The van der Waals surface area contributed by atoms with Crippen LogP contribution in [0.2, 0.25) is 5.02 Å². The van der Waals surface area contributed by atoms with Crippen LogP contribution in [0.4, 0.5) is 5.69 Å². The molecule has 7 heteroatoms. The molecule has 1 aromatic heterocycles. The van der Waals surface area contributed by atoms with Gasteiger partial charge in [-0.2, -0.15) is 0 Å². The molecule has 106 valence electrons. The predicted octanol–water partition coefficient (Wildman–Crippen LogP) is 2.10. The first-order chi connectivity index (χ1) is 9.40. The van der Waals surface area contributed by atoms with Crippen LogP contribution >= 0.6 is 11.6 Å². The first-order valence-electron chi connectivity index (χ1n) is 5.84. The number of nitrogen functional groups attached to an aromatic ring is 1. The lowest BCUT2D eigenvalue weighted by Gasteiger charge is -2.10. The topological polar surface area (TPSA) is 85.1 Å². The highest BCUT2D eigenvalue weighted by atomic mass is 35.5. The van der Waals surface area contributed by atoms with Gasteiger partial charge in [0.1, 0.15) is 0 Å². The number of aromatic nitrogens is 1. The smallest absolute Gasteiger partial charge is 0.240 e. The normalized spacial score (nSPS) is 11.5. The summed E-state index contributed by atoms with van der Waals surface area (Å²) in [4.78, 5) is 3.92. The molecule has 2 rings (SSSR count). The van der Waals surface area contributed by atoms with Crippen molar-refractivity contribution in [1.29, 1.82) is 0 Å². The number of sulfonamides is 1. The Labute approximate surface area is 122 Å². The number of rotatable bonds is 4. The number of benzene rings is 1. The lowest BCUT2D eigenvalue weighted by molar-refractivity contribution is 0.581. The van der Waals surface area contributed by atoms with Crippen molar-refractivity contribution in [1.82, 2.24) is 9.71 Å². The highest BCUT2D eigenvalue weighted by molar-refractivity contribution is 7.89. The standard InChI is InChI=1S/C13H14ClN3O2S/c1-9-12(14)6-11(7-13(9)15)20(18,19)17-8-10-2-4-16-5-3-10/h2-7,17H,8,15H2,1H3. The van der Waals surface area contributed by atoms with Crippen molar-refractivity contribution in [2.45, 2.75) is 18.4 Å². The van der Waals surface area contributed by atoms with Crippen LogP contribution in [-0.2, 0) is 16.6 Å². The van der Waals surface area contributed by atoms with E-state index in [1.54, 1.807) is 31.5 Å². The van der Waals surface area contributed by atoms with E-state index >= 15 is 0 Å². The Kier molecular flexibility index (Phi) is 4.27. The molecule has 0 unspecified atom stereocenters. The third kappa shape index (κ3) is 3.27. The van der Waals surface area contributed by atoms with Crippen LogP contribution in [0.25, 0.3) is 0 Å². The van der Waals surface area contributed by atoms with Crippen LogP contribution in [0, 0.1) is 6.92 Å². The molecule has 2 aromatic rings. The molecule has 3 N–H and O–H groups in total. The molecule has 0 spiro atoms. The number of nitrogens with zero attached hydrogens (tertiary/aromatic N) is 1. The number of hydrogen-bond donors (Lipinski definition) is 2. The number of pyridine rings is 1. The van der Waals surface area contributed by atoms with Crippen LogP contribution < -0.4 is 10.5 Å². The van der Waals surface area contributed by atoms with Gasteiger partial charge < -0.3 is 5.73 Å². The molecule has 0 atom stereocenters. The average Bonchev–Trinajstić information content (AvgIpc) is 2.43. The number of nitrogens with one attached hydrogen (secondary N) is 1. The Morgan fingerprint density at radius 1 is 1.30 bits per heavy atom. The first kappa shape index (κ1) is 14.8. The largest absolute Gasteiger partial charge is 0.398 e. The van der Waals surface area contributed by atoms with E-state index in [1.807, 2.05) is 0 Å². The zero-order chi connectivity index (χ0) is 14.8. The van der Waals surface area contributed by atoms with E-state index in [1.165, 1.54) is 12.1 Å². The van der Waals surface area contributed by atoms with Gasteiger partial charge in [-0.3, -0.25) is 4.98 Å². The van der Waals surface area contributed by atoms with Gasteiger partial charge in [0, 0.05) is 29.6 Å². The Morgan fingerprint density at radius 2 is 1.95 bits per heavy atom. The Hall–Kier alpha value is -1.63. The summed E-state index contributed by atoms with van der Waals surface area (Å²) < 4.78 is 26.9. The molecule has 0 aliphatic rings. The zero-order valence-corrected chi connectivity index (χ0v) is 12.4. The molecule has 0 fully saturated rings. The average molecular weight is 312 g/mol. The van der Waals surface area contributed by atoms with Gasteiger partial charge in [0.2, 0.25) is 10.0 Å². The summed E-state index contributed by atoms with van der Waals surface area (Å²) in [6, 6.07) is 6.26. The van der Waals surface area contributed by atoms with Crippen LogP contribution in [0.15, 0.2) is 41.6 Å². The van der Waals surface area contributed by atoms with Gasteiger partial charge in [-0.15, -0.1) is 0 Å². The maximum Gasteiger partial charge on any atom is 0.240 e. The van der Waals surface area contributed by atoms with E-state index in [2.05, 4.69) is 9.71 Å². The molecule has 1 aromatic carbocycles. The molecular formula is C13H14ClN3O2S. The second-order valence-electron chi connectivity index (χ2n) is 4.30. The van der Waals surface area contributed by atoms with Crippen molar-refractivity contribution < 1.29 is 8.42 Å². The number of anilines is 1. The quantitative estimate of drug-likeness (QED) is 0.847. The van der Waals surface area contributed by atoms with E-state index in [0.29, 0.717) is 16.3 Å². The van der Waals surface area contributed by atoms with E-state index in [-0.39, 0.29) is 11.4 Å². The second-order valence-corrected chi connectivity index (χ2v) is 6.47. The van der Waals surface area contributed by atoms with E-state index in [4.69, 9.17) is 17.3 Å². The lowest BCUT2D eigenvalue weighted by Crippen LogP contribution is -2.23. The molecule has 0 radical (unpaired) electrons. The van der Waals surface area contributed by atoms with E-state index < -0.39 is 10.0 Å². The summed E-state index contributed by atoms with van der Waals surface area (Å²) in [5, 5.41) is 0.328. The minimum absolute atomic E-state index is 0.0552. The van der Waals surface area contributed by atoms with Crippen molar-refractivity contribution in [2.75, 3.05) is 5.73 Å². The number of nitrogens with two attached hydrogens (primary N) is 1. The highest BCUT2D eigenvalue weighted by Gasteiger charge is 2.16. The van der Waals surface area contributed by atoms with Crippen LogP contribution in [0.5, 0.6) is 0 Å². The maximum atomic E-state index is 12.2. The molecular weight excluding hydrogens is 298 g/mol. The molecule has 1 heterocycles. The monoisotopic (exact) mass is 311 g/mol. The maximum absolute atomic E-state index is 12.2. The zero-order valence-electron chi connectivity index (χ0n) is 10.8.